The van der Waals surface area contributed by atoms with Gasteiger partial charge < -0.3 is 0 Å². The first-order valence-electron chi connectivity index (χ1n) is 5.09. The zero-order valence-electron chi connectivity index (χ0n) is 9.12. The van der Waals surface area contributed by atoms with E-state index in [0.717, 1.165) is 5.56 Å². The molecule has 0 aliphatic heterocycles. The second-order valence-corrected chi connectivity index (χ2v) is 4.87. The van der Waals surface area contributed by atoms with Gasteiger partial charge in [-0.25, -0.2) is 4.98 Å². The van der Waals surface area contributed by atoms with Crippen molar-refractivity contribution in [2.75, 3.05) is 0 Å². The van der Waals surface area contributed by atoms with E-state index in [1.54, 1.807) is 30.3 Å². The number of aromatic nitrogens is 1. The molecule has 0 amide bonds. The van der Waals surface area contributed by atoms with E-state index in [9.17, 15) is 0 Å². The second kappa shape index (κ2) is 5.58. The highest BCUT2D eigenvalue weighted by molar-refractivity contribution is 6.35. The van der Waals surface area contributed by atoms with Crippen LogP contribution in [0.3, 0.4) is 0 Å². The minimum Gasteiger partial charge on any atom is -0.236 e. The summed E-state index contributed by atoms with van der Waals surface area (Å²) in [4.78, 5) is 4.24. The Hall–Kier alpha value is -1.27. The molecule has 0 unspecified atom stereocenters. The number of nitrogens with zero attached hydrogens (tertiary/aromatic N) is 2. The van der Waals surface area contributed by atoms with Crippen LogP contribution in [0.2, 0.25) is 15.2 Å². The van der Waals surface area contributed by atoms with Crippen molar-refractivity contribution in [3.63, 3.8) is 0 Å². The average Bonchev–Trinajstić information content (AvgIpc) is 2.30. The van der Waals surface area contributed by atoms with Crippen molar-refractivity contribution < 1.29 is 0 Å². The molecular weight excluding hydrogens is 291 g/mol. The van der Waals surface area contributed by atoms with Crippen molar-refractivity contribution >= 4 is 34.8 Å². The first kappa shape index (κ1) is 13.2. The molecule has 1 aromatic carbocycles. The van der Waals surface area contributed by atoms with Gasteiger partial charge in [-0.2, -0.15) is 5.26 Å². The lowest BCUT2D eigenvalue weighted by molar-refractivity contribution is 1.19. The summed E-state index contributed by atoms with van der Waals surface area (Å²) in [5.74, 6) is 0. The Morgan fingerprint density at radius 1 is 1.06 bits per heavy atom. The Balaban J connectivity index is 2.46. The third kappa shape index (κ3) is 2.94. The van der Waals surface area contributed by atoms with Gasteiger partial charge in [0.05, 0.1) is 18.2 Å². The summed E-state index contributed by atoms with van der Waals surface area (Å²) >= 11 is 17.9. The highest BCUT2D eigenvalue weighted by Gasteiger charge is 2.07. The van der Waals surface area contributed by atoms with Crippen molar-refractivity contribution in [3.8, 4) is 17.3 Å². The second-order valence-electron chi connectivity index (χ2n) is 3.64. The summed E-state index contributed by atoms with van der Waals surface area (Å²) < 4.78 is 0. The summed E-state index contributed by atoms with van der Waals surface area (Å²) in [6.07, 6.45) is 0.239. The smallest absolute Gasteiger partial charge is 0.133 e. The van der Waals surface area contributed by atoms with Crippen molar-refractivity contribution in [2.45, 2.75) is 6.42 Å². The Labute approximate surface area is 120 Å². The number of benzene rings is 1. The predicted molar refractivity (Wildman–Crippen MR) is 74.0 cm³/mol. The normalized spacial score (nSPS) is 10.1. The third-order valence-electron chi connectivity index (χ3n) is 2.35. The number of pyridine rings is 1. The van der Waals surface area contributed by atoms with Gasteiger partial charge in [0, 0.05) is 21.2 Å². The van der Waals surface area contributed by atoms with Gasteiger partial charge in [-0.05, 0) is 24.3 Å². The quantitative estimate of drug-likeness (QED) is 0.748. The molecule has 0 saturated carbocycles. The molecule has 0 spiro atoms. The van der Waals surface area contributed by atoms with Gasteiger partial charge in [0.2, 0.25) is 0 Å². The van der Waals surface area contributed by atoms with Crippen LogP contribution in [0.25, 0.3) is 11.3 Å². The van der Waals surface area contributed by atoms with E-state index in [4.69, 9.17) is 40.1 Å². The lowest BCUT2D eigenvalue weighted by atomic mass is 10.1. The van der Waals surface area contributed by atoms with E-state index in [1.807, 2.05) is 6.07 Å². The minimum atomic E-state index is 0.239. The van der Waals surface area contributed by atoms with Crippen LogP contribution in [0.4, 0.5) is 0 Å². The predicted octanol–water partition coefficient (Wildman–Crippen LogP) is 4.77. The molecule has 0 aliphatic rings. The summed E-state index contributed by atoms with van der Waals surface area (Å²) in [7, 11) is 0. The van der Waals surface area contributed by atoms with E-state index in [0.29, 0.717) is 26.5 Å². The van der Waals surface area contributed by atoms with Crippen LogP contribution in [-0.4, -0.2) is 4.98 Å². The molecule has 1 aromatic heterocycles. The molecule has 2 aromatic rings. The molecule has 0 saturated heterocycles. The summed E-state index contributed by atoms with van der Waals surface area (Å²) in [6.45, 7) is 0. The molecule has 2 nitrogen and oxygen atoms in total. The van der Waals surface area contributed by atoms with Crippen molar-refractivity contribution in [1.82, 2.24) is 4.98 Å². The molecular formula is C13H7Cl3N2. The van der Waals surface area contributed by atoms with Crippen LogP contribution in [0.15, 0.2) is 30.3 Å². The number of nitriles is 1. The van der Waals surface area contributed by atoms with Gasteiger partial charge in [-0.15, -0.1) is 0 Å². The van der Waals surface area contributed by atoms with Crippen molar-refractivity contribution in [2.24, 2.45) is 0 Å². The first-order chi connectivity index (χ1) is 8.60. The topological polar surface area (TPSA) is 36.7 Å². The van der Waals surface area contributed by atoms with Crippen LogP contribution in [0, 0.1) is 11.3 Å². The van der Waals surface area contributed by atoms with Crippen LogP contribution >= 0.6 is 34.8 Å². The Morgan fingerprint density at radius 3 is 2.28 bits per heavy atom. The zero-order chi connectivity index (χ0) is 13.1. The van der Waals surface area contributed by atoms with Gasteiger partial charge in [-0.3, -0.25) is 0 Å². The maximum absolute atomic E-state index is 8.63. The highest BCUT2D eigenvalue weighted by Crippen LogP contribution is 2.27. The monoisotopic (exact) mass is 296 g/mol. The van der Waals surface area contributed by atoms with Crippen LogP contribution in [-0.2, 0) is 6.42 Å². The number of hydrogen-bond donors (Lipinski definition) is 0. The average molecular weight is 298 g/mol. The largest absolute Gasteiger partial charge is 0.236 e. The highest BCUT2D eigenvalue weighted by atomic mass is 35.5. The van der Waals surface area contributed by atoms with Crippen LogP contribution in [0.5, 0.6) is 0 Å². The van der Waals surface area contributed by atoms with Crippen LogP contribution in [0.1, 0.15) is 5.56 Å². The molecule has 2 rings (SSSR count). The van der Waals surface area contributed by atoms with Gasteiger partial charge in [0.15, 0.2) is 0 Å². The van der Waals surface area contributed by atoms with E-state index < -0.39 is 0 Å². The number of hydrogen-bond acceptors (Lipinski definition) is 2. The SMILES string of the molecule is N#CCc1ccc(-c2cc(Cl)cc(Cl)c2)nc1Cl. The van der Waals surface area contributed by atoms with Gasteiger partial charge >= 0.3 is 0 Å². The zero-order valence-corrected chi connectivity index (χ0v) is 11.4. The fourth-order valence-electron chi connectivity index (χ4n) is 1.54. The molecule has 0 fully saturated rings. The molecule has 0 aliphatic carbocycles. The van der Waals surface area contributed by atoms with Crippen LogP contribution < -0.4 is 0 Å². The standard InChI is InChI=1S/C13H7Cl3N2/c14-10-5-9(6-11(15)7-10)12-2-1-8(3-4-17)13(16)18-12/h1-2,5-7H,3H2. The van der Waals surface area contributed by atoms with Crippen molar-refractivity contribution in [3.05, 3.63) is 51.1 Å². The van der Waals surface area contributed by atoms with Gasteiger partial charge in [-0.1, -0.05) is 40.9 Å². The molecule has 0 N–H and O–H groups in total. The van der Waals surface area contributed by atoms with E-state index >= 15 is 0 Å². The fraction of sp³-hybridized carbons (Fsp3) is 0.0769. The lowest BCUT2D eigenvalue weighted by Gasteiger charge is -2.05. The summed E-state index contributed by atoms with van der Waals surface area (Å²) in [5, 5.41) is 10.0. The molecule has 0 bridgehead atoms. The molecule has 0 atom stereocenters. The van der Waals surface area contributed by atoms with E-state index in [1.165, 1.54) is 0 Å². The molecule has 18 heavy (non-hydrogen) atoms. The fourth-order valence-corrected chi connectivity index (χ4v) is 2.29. The summed E-state index contributed by atoms with van der Waals surface area (Å²) in [6, 6.07) is 10.8. The molecule has 0 radical (unpaired) electrons. The maximum Gasteiger partial charge on any atom is 0.133 e. The van der Waals surface area contributed by atoms with Gasteiger partial charge in [0.25, 0.3) is 0 Å². The Bertz CT molecular complexity index is 612. The number of rotatable bonds is 2. The van der Waals surface area contributed by atoms with Crippen molar-refractivity contribution in [1.29, 1.82) is 5.26 Å². The van der Waals surface area contributed by atoms with E-state index in [-0.39, 0.29) is 6.42 Å². The maximum atomic E-state index is 8.63. The summed E-state index contributed by atoms with van der Waals surface area (Å²) in [5.41, 5.74) is 2.17. The lowest BCUT2D eigenvalue weighted by Crippen LogP contribution is -1.90. The first-order valence-corrected chi connectivity index (χ1v) is 6.22. The molecule has 90 valence electrons. The van der Waals surface area contributed by atoms with Gasteiger partial charge in [0.1, 0.15) is 5.15 Å². The third-order valence-corrected chi connectivity index (χ3v) is 3.12. The molecule has 5 heteroatoms. The van der Waals surface area contributed by atoms with E-state index in [2.05, 4.69) is 4.98 Å². The Morgan fingerprint density at radius 2 is 1.72 bits per heavy atom. The number of halogens is 3. The Kier molecular flexibility index (Phi) is 4.08. The minimum absolute atomic E-state index is 0.239. The molecule has 1 heterocycles.